The predicted molar refractivity (Wildman–Crippen MR) is 201 cm³/mol. The molecule has 0 aromatic carbocycles. The number of hydrogen-bond acceptors (Lipinski definition) is 14. The Kier molecular flexibility index (Phi) is 24.5. The summed E-state index contributed by atoms with van der Waals surface area (Å²) in [5, 5.41) is 20.4. The van der Waals surface area contributed by atoms with Crippen molar-refractivity contribution in [1.29, 1.82) is 0 Å². The second-order valence-corrected chi connectivity index (χ2v) is 14.5. The van der Waals surface area contributed by atoms with E-state index in [1.807, 2.05) is 0 Å². The normalized spacial score (nSPS) is 13.9. The molecule has 0 aliphatic carbocycles. The summed E-state index contributed by atoms with van der Waals surface area (Å²) in [6.45, 7) is 19.7. The summed E-state index contributed by atoms with van der Waals surface area (Å²) < 4.78 is 32.2. The summed E-state index contributed by atoms with van der Waals surface area (Å²) >= 11 is 0. The highest BCUT2D eigenvalue weighted by atomic mass is 16.6. The van der Waals surface area contributed by atoms with Gasteiger partial charge in [0, 0.05) is 43.6 Å². The Bertz CT molecular complexity index is 1320. The second-order valence-electron chi connectivity index (χ2n) is 14.5. The van der Waals surface area contributed by atoms with Crippen LogP contribution in [0.5, 0.6) is 0 Å². The Morgan fingerprint density at radius 3 is 1.62 bits per heavy atom. The smallest absolute Gasteiger partial charge is 0.333 e. The Hall–Kier alpha value is -3.63. The van der Waals surface area contributed by atoms with Crippen LogP contribution in [0.3, 0.4) is 0 Å². The third-order valence-corrected chi connectivity index (χ3v) is 8.70. The molecule has 15 heteroatoms. The molecule has 0 aromatic heterocycles. The van der Waals surface area contributed by atoms with E-state index < -0.39 is 71.3 Å². The molecule has 0 aliphatic heterocycles. The Morgan fingerprint density at radius 2 is 1.07 bits per heavy atom. The molecule has 4 unspecified atom stereocenters. The highest BCUT2D eigenvalue weighted by molar-refractivity contribution is 5.95. The number of carboxylic acids is 1. The SMILES string of the molecule is C=C(C)C(=O)OCCOC(C)C(=O)CCCCCOC(C)(C)C(=O)CC(C(=O)O)C(O)C(=O)C(C)OCCCCCC(=O)C(C)(C)OCCOC(=O)C(=C)C. The van der Waals surface area contributed by atoms with Crippen LogP contribution in [0.2, 0.25) is 0 Å². The van der Waals surface area contributed by atoms with Gasteiger partial charge in [-0.3, -0.25) is 24.0 Å². The molecule has 0 saturated heterocycles. The Labute approximate surface area is 325 Å². The van der Waals surface area contributed by atoms with Crippen molar-refractivity contribution in [2.45, 2.75) is 143 Å². The van der Waals surface area contributed by atoms with E-state index in [1.165, 1.54) is 34.6 Å². The number of hydrogen-bond donors (Lipinski definition) is 2. The van der Waals surface area contributed by atoms with E-state index in [0.717, 1.165) is 0 Å². The number of ether oxygens (including phenoxy) is 6. The van der Waals surface area contributed by atoms with Crippen LogP contribution in [0, 0.1) is 5.92 Å². The Balaban J connectivity index is 4.55. The van der Waals surface area contributed by atoms with Crippen molar-refractivity contribution >= 4 is 41.0 Å². The summed E-state index contributed by atoms with van der Waals surface area (Å²) in [5.41, 5.74) is -1.93. The third-order valence-electron chi connectivity index (χ3n) is 8.70. The first-order chi connectivity index (χ1) is 25.5. The van der Waals surface area contributed by atoms with Gasteiger partial charge in [0.15, 0.2) is 23.1 Å². The van der Waals surface area contributed by atoms with E-state index in [-0.39, 0.29) is 75.2 Å². The van der Waals surface area contributed by atoms with Crippen LogP contribution < -0.4 is 0 Å². The summed E-state index contributed by atoms with van der Waals surface area (Å²) in [5.74, 6) is -6.01. The predicted octanol–water partition coefficient (Wildman–Crippen LogP) is 4.47. The van der Waals surface area contributed by atoms with E-state index in [4.69, 9.17) is 28.4 Å². The van der Waals surface area contributed by atoms with Gasteiger partial charge in [-0.15, -0.1) is 0 Å². The molecule has 0 radical (unpaired) electrons. The van der Waals surface area contributed by atoms with E-state index in [9.17, 15) is 43.8 Å². The molecule has 4 atom stereocenters. The van der Waals surface area contributed by atoms with Gasteiger partial charge >= 0.3 is 17.9 Å². The molecule has 314 valence electrons. The molecule has 0 amide bonds. The van der Waals surface area contributed by atoms with Crippen molar-refractivity contribution in [2.24, 2.45) is 5.92 Å². The maximum absolute atomic E-state index is 13.0. The average molecular weight is 785 g/mol. The van der Waals surface area contributed by atoms with Crippen LogP contribution in [-0.4, -0.2) is 120 Å². The number of carbonyl (C=O) groups is 7. The lowest BCUT2D eigenvalue weighted by molar-refractivity contribution is -0.158. The van der Waals surface area contributed by atoms with Crippen LogP contribution >= 0.6 is 0 Å². The molecule has 55 heavy (non-hydrogen) atoms. The van der Waals surface area contributed by atoms with Gasteiger partial charge in [-0.1, -0.05) is 26.0 Å². The number of aliphatic hydroxyl groups excluding tert-OH is 1. The zero-order chi connectivity index (χ0) is 42.4. The molecule has 0 bridgehead atoms. The van der Waals surface area contributed by atoms with Gasteiger partial charge in [-0.25, -0.2) is 9.59 Å². The number of aliphatic carboxylic acids is 1. The molecule has 15 nitrogen and oxygen atoms in total. The van der Waals surface area contributed by atoms with Gasteiger partial charge < -0.3 is 38.6 Å². The topological polar surface area (TPSA) is 215 Å². The van der Waals surface area contributed by atoms with Gasteiger partial charge in [0.1, 0.15) is 42.7 Å². The largest absolute Gasteiger partial charge is 0.481 e. The maximum atomic E-state index is 13.0. The van der Waals surface area contributed by atoms with Gasteiger partial charge in [-0.05, 0) is 81.1 Å². The monoisotopic (exact) mass is 784 g/mol. The second kappa shape index (κ2) is 26.3. The number of carboxylic acid groups (broad SMARTS) is 1. The first kappa shape index (κ1) is 51.4. The van der Waals surface area contributed by atoms with Crippen LogP contribution in [0.1, 0.15) is 113 Å². The van der Waals surface area contributed by atoms with E-state index in [1.54, 1.807) is 20.8 Å². The number of ketones is 4. The van der Waals surface area contributed by atoms with Gasteiger partial charge in [0.25, 0.3) is 0 Å². The quantitative estimate of drug-likeness (QED) is 0.0533. The van der Waals surface area contributed by atoms with E-state index >= 15 is 0 Å². The molecule has 0 heterocycles. The van der Waals surface area contributed by atoms with E-state index in [2.05, 4.69) is 13.2 Å². The van der Waals surface area contributed by atoms with Crippen molar-refractivity contribution in [3.8, 4) is 0 Å². The van der Waals surface area contributed by atoms with Crippen LogP contribution in [0.15, 0.2) is 24.3 Å². The van der Waals surface area contributed by atoms with Crippen LogP contribution in [0.25, 0.3) is 0 Å². The molecular weight excluding hydrogens is 720 g/mol. The van der Waals surface area contributed by atoms with Gasteiger partial charge in [0.2, 0.25) is 0 Å². The summed E-state index contributed by atoms with van der Waals surface area (Å²) in [7, 11) is 0. The number of unbranched alkanes of at least 4 members (excludes halogenated alkanes) is 4. The number of esters is 2. The standard InChI is InChI=1S/C40H64O15/c1-26(2)37(48)52-22-21-51-28(5)31(41)17-13-11-16-20-54-40(9,10)33(43)25-30(36(46)47)35(45)34(44)29(6)50-19-15-12-14-18-32(42)39(7,8)55-24-23-53-38(49)27(3)4/h28-30,35,45H,1,3,11-25H2,2,4-10H3,(H,46,47). The maximum Gasteiger partial charge on any atom is 0.333 e. The van der Waals surface area contributed by atoms with Gasteiger partial charge in [-0.2, -0.15) is 0 Å². The average Bonchev–Trinajstić information content (AvgIpc) is 3.11. The number of carbonyl (C=O) groups excluding carboxylic acids is 6. The third kappa shape index (κ3) is 21.3. The van der Waals surface area contributed by atoms with E-state index in [0.29, 0.717) is 38.5 Å². The molecule has 0 rings (SSSR count). The number of rotatable bonds is 33. The molecule has 0 saturated carbocycles. The molecular formula is C40H64O15. The zero-order valence-corrected chi connectivity index (χ0v) is 34.0. The minimum atomic E-state index is -1.99. The lowest BCUT2D eigenvalue weighted by Crippen LogP contribution is -2.44. The zero-order valence-electron chi connectivity index (χ0n) is 34.0. The molecule has 2 N–H and O–H groups in total. The minimum Gasteiger partial charge on any atom is -0.481 e. The first-order valence-corrected chi connectivity index (χ1v) is 18.7. The lowest BCUT2D eigenvalue weighted by atomic mass is 9.87. The Morgan fingerprint density at radius 1 is 0.600 bits per heavy atom. The first-order valence-electron chi connectivity index (χ1n) is 18.7. The van der Waals surface area contributed by atoms with Crippen molar-refractivity contribution in [1.82, 2.24) is 0 Å². The summed E-state index contributed by atoms with van der Waals surface area (Å²) in [6, 6.07) is 0. The molecule has 0 aliphatic rings. The number of aliphatic hydroxyl groups is 1. The molecule has 0 aromatic rings. The molecule has 0 fully saturated rings. The van der Waals surface area contributed by atoms with Crippen molar-refractivity contribution in [2.75, 3.05) is 39.6 Å². The van der Waals surface area contributed by atoms with Crippen molar-refractivity contribution in [3.05, 3.63) is 24.3 Å². The van der Waals surface area contributed by atoms with Crippen LogP contribution in [0.4, 0.5) is 0 Å². The lowest BCUT2D eigenvalue weighted by Gasteiger charge is -2.27. The highest BCUT2D eigenvalue weighted by Gasteiger charge is 2.40. The van der Waals surface area contributed by atoms with Crippen molar-refractivity contribution < 1.29 is 72.2 Å². The molecule has 0 spiro atoms. The fraction of sp³-hybridized carbons (Fsp3) is 0.725. The summed E-state index contributed by atoms with van der Waals surface area (Å²) in [4.78, 5) is 85.6. The minimum absolute atomic E-state index is 0.00621. The highest BCUT2D eigenvalue weighted by Crippen LogP contribution is 2.22. The summed E-state index contributed by atoms with van der Waals surface area (Å²) in [6.07, 6.45) is -0.649. The fourth-order valence-electron chi connectivity index (χ4n) is 4.83. The fourth-order valence-corrected chi connectivity index (χ4v) is 4.83. The van der Waals surface area contributed by atoms with Gasteiger partial charge in [0.05, 0.1) is 19.1 Å². The van der Waals surface area contributed by atoms with Crippen LogP contribution in [-0.2, 0) is 62.0 Å². The number of Topliss-reactive ketones (excluding diaryl/α,β-unsaturated/α-hetero) is 4. The van der Waals surface area contributed by atoms with Crippen molar-refractivity contribution in [3.63, 3.8) is 0 Å².